The van der Waals surface area contributed by atoms with Crippen LogP contribution in [0.3, 0.4) is 0 Å². The van der Waals surface area contributed by atoms with E-state index in [9.17, 15) is 4.79 Å². The number of anilines is 1. The van der Waals surface area contributed by atoms with E-state index in [1.165, 1.54) is 7.11 Å². The number of hydrogen-bond acceptors (Lipinski definition) is 4. The van der Waals surface area contributed by atoms with Crippen molar-refractivity contribution in [3.8, 4) is 0 Å². The van der Waals surface area contributed by atoms with E-state index in [4.69, 9.17) is 17.0 Å². The number of nitrogens with one attached hydrogen (secondary N) is 2. The lowest BCUT2D eigenvalue weighted by Crippen LogP contribution is -2.34. The molecule has 20 heavy (non-hydrogen) atoms. The van der Waals surface area contributed by atoms with Crippen LogP contribution >= 0.6 is 12.2 Å². The molecule has 0 radical (unpaired) electrons. The molecule has 1 saturated heterocycles. The summed E-state index contributed by atoms with van der Waals surface area (Å²) in [5.74, 6) is -0.369. The Morgan fingerprint density at radius 3 is 3.10 bits per heavy atom. The fraction of sp³-hybridized carbons (Fsp3) is 0.429. The zero-order valence-corrected chi connectivity index (χ0v) is 12.2. The monoisotopic (exact) mass is 294 g/mol. The van der Waals surface area contributed by atoms with E-state index in [1.54, 1.807) is 18.2 Å². The molecule has 1 aromatic rings. The minimum Gasteiger partial charge on any atom is -0.465 e. The first-order valence-corrected chi connectivity index (χ1v) is 6.94. The maximum Gasteiger partial charge on any atom is 0.337 e. The standard InChI is InChI=1S/C14H18N2O3S/c1-18-13(17)10-4-2-5-11(8-10)16-14(20)15-9-12-6-3-7-19-12/h2,4-5,8,12H,3,6-7,9H2,1H3,(H2,15,16,20)/t12-/m1/s1. The topological polar surface area (TPSA) is 59.6 Å². The van der Waals surface area contributed by atoms with Crippen LogP contribution in [-0.2, 0) is 9.47 Å². The van der Waals surface area contributed by atoms with Gasteiger partial charge in [-0.1, -0.05) is 6.07 Å². The molecule has 6 heteroatoms. The zero-order valence-electron chi connectivity index (χ0n) is 11.3. The summed E-state index contributed by atoms with van der Waals surface area (Å²) in [5.41, 5.74) is 1.23. The number of rotatable bonds is 4. The molecule has 5 nitrogen and oxygen atoms in total. The van der Waals surface area contributed by atoms with Crippen molar-refractivity contribution in [2.75, 3.05) is 25.6 Å². The van der Waals surface area contributed by atoms with Gasteiger partial charge in [0.1, 0.15) is 0 Å². The van der Waals surface area contributed by atoms with Crippen molar-refractivity contribution in [2.45, 2.75) is 18.9 Å². The molecular weight excluding hydrogens is 276 g/mol. The Morgan fingerprint density at radius 1 is 1.55 bits per heavy atom. The van der Waals surface area contributed by atoms with Crippen LogP contribution in [0.25, 0.3) is 0 Å². The van der Waals surface area contributed by atoms with Gasteiger partial charge in [-0.15, -0.1) is 0 Å². The fourth-order valence-electron chi connectivity index (χ4n) is 2.03. The molecule has 0 unspecified atom stereocenters. The molecule has 0 bridgehead atoms. The van der Waals surface area contributed by atoms with Crippen molar-refractivity contribution in [1.82, 2.24) is 5.32 Å². The number of thiocarbonyl (C=S) groups is 1. The minimum atomic E-state index is -0.369. The molecule has 1 aliphatic heterocycles. The predicted octanol–water partition coefficient (Wildman–Crippen LogP) is 1.94. The van der Waals surface area contributed by atoms with Gasteiger partial charge in [0.15, 0.2) is 5.11 Å². The van der Waals surface area contributed by atoms with Crippen LogP contribution < -0.4 is 10.6 Å². The average molecular weight is 294 g/mol. The molecule has 1 heterocycles. The van der Waals surface area contributed by atoms with E-state index < -0.39 is 0 Å². The fourth-order valence-corrected chi connectivity index (χ4v) is 2.23. The summed E-state index contributed by atoms with van der Waals surface area (Å²) < 4.78 is 10.2. The lowest BCUT2D eigenvalue weighted by Gasteiger charge is -2.14. The van der Waals surface area contributed by atoms with Gasteiger partial charge >= 0.3 is 5.97 Å². The Morgan fingerprint density at radius 2 is 2.40 bits per heavy atom. The number of ether oxygens (including phenoxy) is 2. The first kappa shape index (κ1) is 14.7. The van der Waals surface area contributed by atoms with Gasteiger partial charge in [-0.05, 0) is 43.3 Å². The second kappa shape index (κ2) is 7.21. The minimum absolute atomic E-state index is 0.233. The second-order valence-corrected chi connectivity index (χ2v) is 4.95. The maximum absolute atomic E-state index is 11.4. The Kier molecular flexibility index (Phi) is 5.31. The molecule has 0 amide bonds. The van der Waals surface area contributed by atoms with Crippen LogP contribution in [0.5, 0.6) is 0 Å². The molecule has 1 fully saturated rings. The van der Waals surface area contributed by atoms with Gasteiger partial charge in [0.2, 0.25) is 0 Å². The molecule has 0 aromatic heterocycles. The Balaban J connectivity index is 1.85. The number of methoxy groups -OCH3 is 1. The highest BCUT2D eigenvalue weighted by molar-refractivity contribution is 7.80. The molecule has 1 atom stereocenters. The SMILES string of the molecule is COC(=O)c1cccc(NC(=S)NC[C@H]2CCCO2)c1. The molecule has 1 aliphatic rings. The molecule has 0 saturated carbocycles. The van der Waals surface area contributed by atoms with Gasteiger partial charge in [0, 0.05) is 18.8 Å². The van der Waals surface area contributed by atoms with Gasteiger partial charge in [0.05, 0.1) is 18.8 Å². The van der Waals surface area contributed by atoms with Crippen LogP contribution in [0.1, 0.15) is 23.2 Å². The quantitative estimate of drug-likeness (QED) is 0.654. The van der Waals surface area contributed by atoms with Crippen LogP contribution in [0.4, 0.5) is 5.69 Å². The van der Waals surface area contributed by atoms with Crippen molar-refractivity contribution >= 4 is 29.0 Å². The van der Waals surface area contributed by atoms with E-state index >= 15 is 0 Å². The molecule has 0 spiro atoms. The van der Waals surface area contributed by atoms with Crippen LogP contribution in [-0.4, -0.2) is 37.4 Å². The Labute approximate surface area is 123 Å². The summed E-state index contributed by atoms with van der Waals surface area (Å²) in [4.78, 5) is 11.4. The summed E-state index contributed by atoms with van der Waals surface area (Å²) in [6.45, 7) is 1.52. The Bertz CT molecular complexity index is 487. The highest BCUT2D eigenvalue weighted by atomic mass is 32.1. The second-order valence-electron chi connectivity index (χ2n) is 4.54. The largest absolute Gasteiger partial charge is 0.465 e. The summed E-state index contributed by atoms with van der Waals surface area (Å²) in [6.07, 6.45) is 2.40. The third-order valence-corrected chi connectivity index (χ3v) is 3.30. The smallest absolute Gasteiger partial charge is 0.337 e. The van der Waals surface area contributed by atoms with E-state index in [1.807, 2.05) is 6.07 Å². The number of hydrogen-bond donors (Lipinski definition) is 2. The number of carbonyl (C=O) groups is 1. The van der Waals surface area contributed by atoms with Crippen LogP contribution in [0, 0.1) is 0 Å². The predicted molar refractivity (Wildman–Crippen MR) is 81.0 cm³/mol. The number of benzene rings is 1. The molecule has 108 valence electrons. The zero-order chi connectivity index (χ0) is 14.4. The van der Waals surface area contributed by atoms with Gasteiger partial charge in [-0.25, -0.2) is 4.79 Å². The van der Waals surface area contributed by atoms with Gasteiger partial charge in [-0.3, -0.25) is 0 Å². The molecule has 2 rings (SSSR count). The number of carbonyl (C=O) groups excluding carboxylic acids is 1. The number of esters is 1. The van der Waals surface area contributed by atoms with Crippen molar-refractivity contribution in [3.63, 3.8) is 0 Å². The van der Waals surface area contributed by atoms with Gasteiger partial charge in [-0.2, -0.15) is 0 Å². The summed E-state index contributed by atoms with van der Waals surface area (Å²) >= 11 is 5.21. The maximum atomic E-state index is 11.4. The van der Waals surface area contributed by atoms with Crippen molar-refractivity contribution in [3.05, 3.63) is 29.8 Å². The highest BCUT2D eigenvalue weighted by Crippen LogP contribution is 2.12. The van der Waals surface area contributed by atoms with Crippen molar-refractivity contribution < 1.29 is 14.3 Å². The third-order valence-electron chi connectivity index (χ3n) is 3.06. The molecule has 0 aliphatic carbocycles. The van der Waals surface area contributed by atoms with Crippen LogP contribution in [0.2, 0.25) is 0 Å². The Hall–Kier alpha value is -1.66. The normalized spacial score (nSPS) is 17.6. The molecule has 1 aromatic carbocycles. The first-order chi connectivity index (χ1) is 9.69. The lowest BCUT2D eigenvalue weighted by atomic mass is 10.2. The average Bonchev–Trinajstić information content (AvgIpc) is 2.98. The van der Waals surface area contributed by atoms with Crippen molar-refractivity contribution in [2.24, 2.45) is 0 Å². The van der Waals surface area contributed by atoms with Crippen LogP contribution in [0.15, 0.2) is 24.3 Å². The first-order valence-electron chi connectivity index (χ1n) is 6.54. The highest BCUT2D eigenvalue weighted by Gasteiger charge is 2.15. The molecule has 2 N–H and O–H groups in total. The van der Waals surface area contributed by atoms with Gasteiger partial charge in [0.25, 0.3) is 0 Å². The third kappa shape index (κ3) is 4.18. The van der Waals surface area contributed by atoms with Gasteiger partial charge < -0.3 is 20.1 Å². The van der Waals surface area contributed by atoms with E-state index in [-0.39, 0.29) is 12.1 Å². The summed E-state index contributed by atoms with van der Waals surface area (Å²) in [7, 11) is 1.36. The summed E-state index contributed by atoms with van der Waals surface area (Å²) in [5, 5.41) is 6.67. The van der Waals surface area contributed by atoms with E-state index in [0.717, 1.165) is 25.1 Å². The molecular formula is C14H18N2O3S. The van der Waals surface area contributed by atoms with E-state index in [0.29, 0.717) is 17.2 Å². The van der Waals surface area contributed by atoms with E-state index in [2.05, 4.69) is 15.4 Å². The van der Waals surface area contributed by atoms with Crippen molar-refractivity contribution in [1.29, 1.82) is 0 Å². The lowest BCUT2D eigenvalue weighted by molar-refractivity contribution is 0.0601. The summed E-state index contributed by atoms with van der Waals surface area (Å²) in [6, 6.07) is 7.01.